The molecule has 2 fully saturated rings. The second-order valence-corrected chi connectivity index (χ2v) is 12.6. The van der Waals surface area contributed by atoms with Gasteiger partial charge in [-0.15, -0.1) is 0 Å². The first kappa shape index (κ1) is 32.7. The molecule has 45 heavy (non-hydrogen) atoms. The highest BCUT2D eigenvalue weighted by Crippen LogP contribution is 2.43. The molecule has 0 bridgehead atoms. The smallest absolute Gasteiger partial charge is 0.441 e. The Balaban J connectivity index is 1.37. The summed E-state index contributed by atoms with van der Waals surface area (Å²) < 4.78 is 16.4. The topological polar surface area (TPSA) is 99.4 Å². The van der Waals surface area contributed by atoms with Gasteiger partial charge in [-0.2, -0.15) is 0 Å². The van der Waals surface area contributed by atoms with Crippen LogP contribution >= 0.6 is 23.2 Å². The first-order valence-corrected chi connectivity index (χ1v) is 15.7. The number of hydrogen-bond acceptors (Lipinski definition) is 7. The summed E-state index contributed by atoms with van der Waals surface area (Å²) in [7, 11) is 4.57. The Hall–Kier alpha value is -3.66. The summed E-state index contributed by atoms with van der Waals surface area (Å²) in [6, 6.07) is 18.6. The highest BCUT2D eigenvalue weighted by molar-refractivity contribution is 6.42. The molecule has 0 spiro atoms. The zero-order chi connectivity index (χ0) is 32.2. The van der Waals surface area contributed by atoms with E-state index in [2.05, 4.69) is 4.90 Å². The van der Waals surface area contributed by atoms with Crippen LogP contribution in [0.15, 0.2) is 60.7 Å². The Morgan fingerprint density at radius 1 is 0.822 bits per heavy atom. The number of nitrogens with one attached hydrogen (secondary N) is 1. The van der Waals surface area contributed by atoms with E-state index < -0.39 is 11.3 Å². The third kappa shape index (κ3) is 6.39. The molecule has 0 aromatic heterocycles. The number of hydrogen-bond donors (Lipinski definition) is 1. The largest absolute Gasteiger partial charge is 0.493 e. The van der Waals surface area contributed by atoms with Crippen LogP contribution in [0.2, 0.25) is 10.0 Å². The monoisotopic (exact) mass is 654 g/mol. The molecule has 2 aliphatic heterocycles. The number of benzene rings is 3. The maximum Gasteiger partial charge on any atom is 0.441 e. The number of nitroso groups, excluding NO2 is 1. The minimum absolute atomic E-state index is 0.134. The molecule has 11 heteroatoms. The molecule has 0 saturated carbocycles. The zero-order valence-corrected chi connectivity index (χ0v) is 27.2. The highest BCUT2D eigenvalue weighted by atomic mass is 35.5. The fourth-order valence-corrected chi connectivity index (χ4v) is 7.17. The Bertz CT molecular complexity index is 1540. The molecule has 2 amide bonds. The van der Waals surface area contributed by atoms with Gasteiger partial charge in [-0.25, -0.2) is 4.79 Å². The lowest BCUT2D eigenvalue weighted by Crippen LogP contribution is -2.77. The number of halogens is 2. The fourth-order valence-electron chi connectivity index (χ4n) is 6.88. The van der Waals surface area contributed by atoms with Crippen molar-refractivity contribution in [1.29, 1.82) is 0 Å². The van der Waals surface area contributed by atoms with Crippen LogP contribution in [0.5, 0.6) is 17.2 Å². The lowest BCUT2D eigenvalue weighted by Gasteiger charge is -2.39. The third-order valence-corrected chi connectivity index (χ3v) is 10.3. The van der Waals surface area contributed by atoms with Gasteiger partial charge in [0, 0.05) is 29.0 Å². The average Bonchev–Trinajstić information content (AvgIpc) is 3.53. The van der Waals surface area contributed by atoms with E-state index in [9.17, 15) is 14.5 Å². The van der Waals surface area contributed by atoms with Crippen molar-refractivity contribution in [2.75, 3.05) is 54.1 Å². The zero-order valence-electron chi connectivity index (χ0n) is 25.7. The van der Waals surface area contributed by atoms with Crippen molar-refractivity contribution in [3.63, 3.8) is 0 Å². The van der Waals surface area contributed by atoms with Crippen LogP contribution in [-0.2, 0) is 15.6 Å². The van der Waals surface area contributed by atoms with Gasteiger partial charge in [0.15, 0.2) is 11.5 Å². The number of piperidine rings is 1. The second kappa shape index (κ2) is 13.8. The van der Waals surface area contributed by atoms with Crippen LogP contribution in [0.3, 0.4) is 0 Å². The summed E-state index contributed by atoms with van der Waals surface area (Å²) in [6.45, 7) is 3.11. The van der Waals surface area contributed by atoms with Crippen LogP contribution < -0.4 is 19.4 Å². The van der Waals surface area contributed by atoms with E-state index in [0.29, 0.717) is 71.9 Å². The number of carbonyl (C=O) groups is 2. The number of rotatable bonds is 10. The van der Waals surface area contributed by atoms with Crippen LogP contribution in [0.25, 0.3) is 0 Å². The number of nitrogens with zero attached hydrogens (tertiary/aromatic N) is 2. The molecular formula is C34H38Cl2N3O6+. The van der Waals surface area contributed by atoms with Gasteiger partial charge >= 0.3 is 5.91 Å². The van der Waals surface area contributed by atoms with Crippen molar-refractivity contribution >= 4 is 35.0 Å². The minimum atomic E-state index is -0.849. The molecule has 238 valence electrons. The van der Waals surface area contributed by atoms with E-state index in [1.54, 1.807) is 23.4 Å². The van der Waals surface area contributed by atoms with Crippen molar-refractivity contribution in [1.82, 2.24) is 9.80 Å². The maximum absolute atomic E-state index is 13.9. The lowest BCUT2D eigenvalue weighted by atomic mass is 9.71. The number of likely N-dealkylation sites (tertiary alicyclic amines) is 2. The molecule has 0 radical (unpaired) electrons. The Morgan fingerprint density at radius 2 is 1.49 bits per heavy atom. The summed E-state index contributed by atoms with van der Waals surface area (Å²) in [5, 5.41) is 2.61. The van der Waals surface area contributed by atoms with Crippen LogP contribution in [-0.4, -0.2) is 75.7 Å². The molecule has 1 N–H and O–H groups in total. The molecular weight excluding hydrogens is 617 g/mol. The van der Waals surface area contributed by atoms with Gasteiger partial charge in [0.25, 0.3) is 5.91 Å². The lowest BCUT2D eigenvalue weighted by molar-refractivity contribution is -0.406. The molecule has 2 heterocycles. The van der Waals surface area contributed by atoms with E-state index in [1.165, 1.54) is 21.3 Å². The van der Waals surface area contributed by atoms with Crippen molar-refractivity contribution in [2.45, 2.75) is 36.5 Å². The number of ether oxygens (including phenoxy) is 3. The molecule has 3 aromatic carbocycles. The van der Waals surface area contributed by atoms with Gasteiger partial charge in [-0.3, -0.25) is 4.79 Å². The van der Waals surface area contributed by atoms with E-state index >= 15 is 0 Å². The summed E-state index contributed by atoms with van der Waals surface area (Å²) in [4.78, 5) is 42.5. The predicted octanol–water partition coefficient (Wildman–Crippen LogP) is 4.60. The Morgan fingerprint density at radius 3 is 2.07 bits per heavy atom. The summed E-state index contributed by atoms with van der Waals surface area (Å²) in [5.74, 6) is 0.631. The summed E-state index contributed by atoms with van der Waals surface area (Å²) in [6.07, 6.45) is 2.57. The molecule has 9 nitrogen and oxygen atoms in total. The van der Waals surface area contributed by atoms with Crippen LogP contribution in [0.4, 0.5) is 0 Å². The molecule has 5 rings (SSSR count). The molecule has 1 atom stereocenters. The average molecular weight is 656 g/mol. The molecule has 3 aromatic rings. The van der Waals surface area contributed by atoms with Crippen molar-refractivity contribution in [2.24, 2.45) is 0 Å². The summed E-state index contributed by atoms with van der Waals surface area (Å²) in [5.41, 5.74) is 1.11. The second-order valence-electron chi connectivity index (χ2n) is 11.8. The molecule has 1 unspecified atom stereocenters. The van der Waals surface area contributed by atoms with Gasteiger partial charge in [-0.05, 0) is 80.7 Å². The standard InChI is InChI=1S/C34H37Cl2N3O6/c1-43-28-19-23(20-29(44-2)30(28)45-3)31(40)39-18-12-33(22-39,25-9-10-26(35)27(36)21-25)11-15-38-16-13-34(14-17-38,32(41)37-42)24-7-5-4-6-8-24/h4-10,19-21H,11-18,22H2,1-3H3/p+1. The van der Waals surface area contributed by atoms with Crippen LogP contribution in [0.1, 0.15) is 47.2 Å². The maximum atomic E-state index is 13.9. The first-order chi connectivity index (χ1) is 21.7. The number of methoxy groups -OCH3 is 3. The van der Waals surface area contributed by atoms with Gasteiger partial charge in [0.05, 0.1) is 36.6 Å². The van der Waals surface area contributed by atoms with Crippen molar-refractivity contribution < 1.29 is 29.0 Å². The fraction of sp³-hybridized carbons (Fsp3) is 0.412. The van der Waals surface area contributed by atoms with Crippen molar-refractivity contribution in [3.8, 4) is 17.2 Å². The molecule has 2 aliphatic rings. The highest BCUT2D eigenvalue weighted by Gasteiger charge is 2.48. The minimum Gasteiger partial charge on any atom is -0.493 e. The first-order valence-electron chi connectivity index (χ1n) is 15.0. The normalized spacial score (nSPS) is 19.6. The van der Waals surface area contributed by atoms with Crippen molar-refractivity contribution in [3.05, 3.63) is 92.3 Å². The number of carbonyl (C=O) groups excluding carboxylic acids is 2. The van der Waals surface area contributed by atoms with E-state index in [1.807, 2.05) is 47.4 Å². The van der Waals surface area contributed by atoms with Gasteiger partial charge < -0.3 is 24.0 Å². The van der Waals surface area contributed by atoms with Gasteiger partial charge in [0.1, 0.15) is 5.41 Å². The summed E-state index contributed by atoms with van der Waals surface area (Å²) >= 11 is 12.8. The number of amides is 2. The molecule has 2 saturated heterocycles. The molecule has 0 aliphatic carbocycles. The SMILES string of the molecule is COc1cc(C(=O)N2CCC(CCN3CCC(C(=O)[NH+]=O)(c4ccccc4)CC3)(c3ccc(Cl)c(Cl)c3)C2)cc(OC)c1OC. The van der Waals surface area contributed by atoms with E-state index in [-0.39, 0.29) is 11.3 Å². The van der Waals surface area contributed by atoms with E-state index in [0.717, 1.165) is 30.5 Å². The third-order valence-electron chi connectivity index (χ3n) is 9.55. The Labute approximate surface area is 273 Å². The predicted molar refractivity (Wildman–Crippen MR) is 173 cm³/mol. The van der Waals surface area contributed by atoms with E-state index in [4.69, 9.17) is 37.4 Å². The quantitative estimate of drug-likeness (QED) is 0.341. The van der Waals surface area contributed by atoms with Crippen LogP contribution in [0, 0.1) is 4.91 Å². The van der Waals surface area contributed by atoms with Gasteiger partial charge in [0.2, 0.25) is 5.75 Å². The van der Waals surface area contributed by atoms with Gasteiger partial charge in [-0.1, -0.05) is 59.6 Å². The Kier molecular flexibility index (Phi) is 10.0.